The molecule has 1 heterocycles. The number of amides is 2. The summed E-state index contributed by atoms with van der Waals surface area (Å²) in [6, 6.07) is 2.77. The normalized spacial score (nSPS) is 14.7. The van der Waals surface area contributed by atoms with Gasteiger partial charge in [0, 0.05) is 6.08 Å². The van der Waals surface area contributed by atoms with Crippen LogP contribution in [0.25, 0.3) is 0 Å². The number of halogens is 4. The Labute approximate surface area is 132 Å². The molecule has 1 aromatic carbocycles. The fraction of sp³-hybridized carbons (Fsp3) is 0.214. The molecule has 0 radical (unpaired) electrons. The second-order valence-corrected chi connectivity index (χ2v) is 4.66. The Morgan fingerprint density at radius 3 is 2.50 bits per heavy atom. The molecule has 2 amide bonds. The third-order valence-corrected chi connectivity index (χ3v) is 3.15. The van der Waals surface area contributed by atoms with E-state index >= 15 is 0 Å². The Morgan fingerprint density at radius 2 is 1.96 bits per heavy atom. The van der Waals surface area contributed by atoms with Crippen molar-refractivity contribution in [3.8, 4) is 6.07 Å². The summed E-state index contributed by atoms with van der Waals surface area (Å²) in [7, 11) is 0. The fourth-order valence-electron chi connectivity index (χ4n) is 2.12. The summed E-state index contributed by atoms with van der Waals surface area (Å²) < 4.78 is 52.8. The maximum Gasteiger partial charge on any atom is 0.421 e. The number of carbonyl (C=O) groups is 2. The van der Waals surface area contributed by atoms with E-state index in [0.717, 1.165) is 6.07 Å². The van der Waals surface area contributed by atoms with Crippen LogP contribution in [0.3, 0.4) is 0 Å². The molecule has 0 saturated heterocycles. The molecule has 0 fully saturated rings. The minimum absolute atomic E-state index is 0.347. The Morgan fingerprint density at radius 1 is 1.29 bits per heavy atom. The van der Waals surface area contributed by atoms with E-state index < -0.39 is 52.9 Å². The van der Waals surface area contributed by atoms with Gasteiger partial charge in [0.05, 0.1) is 24.4 Å². The van der Waals surface area contributed by atoms with Crippen molar-refractivity contribution in [2.24, 2.45) is 0 Å². The maximum absolute atomic E-state index is 13.6. The molecule has 0 aliphatic carbocycles. The third-order valence-electron chi connectivity index (χ3n) is 3.15. The lowest BCUT2D eigenvalue weighted by Gasteiger charge is -2.18. The average Bonchev–Trinajstić information content (AvgIpc) is 2.74. The number of aliphatic hydroxyl groups excluding tert-OH is 1. The van der Waals surface area contributed by atoms with Gasteiger partial charge in [-0.1, -0.05) is 0 Å². The molecule has 0 atom stereocenters. The van der Waals surface area contributed by atoms with E-state index in [1.807, 2.05) is 5.32 Å². The van der Waals surface area contributed by atoms with Crippen molar-refractivity contribution in [2.75, 3.05) is 18.5 Å². The zero-order valence-electron chi connectivity index (χ0n) is 11.8. The van der Waals surface area contributed by atoms with Crippen molar-refractivity contribution in [2.45, 2.75) is 6.18 Å². The van der Waals surface area contributed by atoms with Crippen molar-refractivity contribution >= 4 is 17.5 Å². The van der Waals surface area contributed by atoms with Gasteiger partial charge in [-0.3, -0.25) is 14.5 Å². The van der Waals surface area contributed by atoms with Crippen LogP contribution in [-0.4, -0.2) is 35.0 Å². The topological polar surface area (TPSA) is 93.4 Å². The zero-order chi connectivity index (χ0) is 18.1. The van der Waals surface area contributed by atoms with Gasteiger partial charge in [-0.05, 0) is 12.1 Å². The minimum atomic E-state index is -5.13. The van der Waals surface area contributed by atoms with Gasteiger partial charge in [0.25, 0.3) is 11.8 Å². The van der Waals surface area contributed by atoms with E-state index in [1.54, 1.807) is 0 Å². The molecule has 1 aromatic rings. The highest BCUT2D eigenvalue weighted by Gasteiger charge is 2.40. The lowest BCUT2D eigenvalue weighted by Crippen LogP contribution is -2.34. The SMILES string of the molecule is N#Cc1ccc(F)c(C(F)(F)F)c1NC1=CC(=O)N(CCO)C1=O. The first-order valence-corrected chi connectivity index (χ1v) is 6.46. The number of imide groups is 1. The highest BCUT2D eigenvalue weighted by Crippen LogP contribution is 2.39. The predicted octanol–water partition coefficient (Wildman–Crippen LogP) is 1.37. The Kier molecular flexibility index (Phi) is 4.57. The molecule has 0 bridgehead atoms. The average molecular weight is 343 g/mol. The number of hydrogen-bond donors (Lipinski definition) is 2. The van der Waals surface area contributed by atoms with E-state index in [4.69, 9.17) is 10.4 Å². The molecule has 0 spiro atoms. The number of rotatable bonds is 4. The zero-order valence-corrected chi connectivity index (χ0v) is 11.8. The summed E-state index contributed by atoms with van der Waals surface area (Å²) in [4.78, 5) is 24.2. The molecule has 24 heavy (non-hydrogen) atoms. The van der Waals surface area contributed by atoms with Crippen LogP contribution in [0.4, 0.5) is 23.2 Å². The predicted molar refractivity (Wildman–Crippen MR) is 71.6 cm³/mol. The smallest absolute Gasteiger partial charge is 0.395 e. The van der Waals surface area contributed by atoms with E-state index in [0.29, 0.717) is 17.0 Å². The molecule has 0 aromatic heterocycles. The number of anilines is 1. The number of aliphatic hydroxyl groups is 1. The number of hydrogen-bond acceptors (Lipinski definition) is 5. The Balaban J connectivity index is 2.50. The fourth-order valence-corrected chi connectivity index (χ4v) is 2.12. The summed E-state index contributed by atoms with van der Waals surface area (Å²) in [5.74, 6) is -3.47. The number of benzene rings is 1. The Bertz CT molecular complexity index is 781. The lowest BCUT2D eigenvalue weighted by molar-refractivity contribution is -0.140. The second kappa shape index (κ2) is 6.29. The van der Waals surface area contributed by atoms with E-state index in [2.05, 4.69) is 0 Å². The van der Waals surface area contributed by atoms with Gasteiger partial charge in [-0.2, -0.15) is 18.4 Å². The first-order chi connectivity index (χ1) is 11.2. The lowest BCUT2D eigenvalue weighted by atomic mass is 10.1. The summed E-state index contributed by atoms with van der Waals surface area (Å²) in [6.07, 6.45) is -4.42. The van der Waals surface area contributed by atoms with Crippen molar-refractivity contribution in [3.63, 3.8) is 0 Å². The van der Waals surface area contributed by atoms with Gasteiger partial charge >= 0.3 is 6.18 Å². The maximum atomic E-state index is 13.6. The molecule has 2 rings (SSSR count). The highest BCUT2D eigenvalue weighted by atomic mass is 19.4. The van der Waals surface area contributed by atoms with Gasteiger partial charge in [0.1, 0.15) is 23.1 Å². The molecular formula is C14H9F4N3O3. The first kappa shape index (κ1) is 17.4. The number of carbonyl (C=O) groups excluding carboxylic acids is 2. The quantitative estimate of drug-likeness (QED) is 0.636. The molecule has 1 aliphatic rings. The van der Waals surface area contributed by atoms with Crippen LogP contribution in [-0.2, 0) is 15.8 Å². The molecule has 2 N–H and O–H groups in total. The monoisotopic (exact) mass is 343 g/mol. The largest absolute Gasteiger partial charge is 0.421 e. The van der Waals surface area contributed by atoms with E-state index in [1.165, 1.54) is 6.07 Å². The minimum Gasteiger partial charge on any atom is -0.395 e. The first-order valence-electron chi connectivity index (χ1n) is 6.46. The van der Waals surface area contributed by atoms with Crippen molar-refractivity contribution in [1.82, 2.24) is 4.90 Å². The van der Waals surface area contributed by atoms with E-state index in [-0.39, 0.29) is 6.54 Å². The van der Waals surface area contributed by atoms with Crippen LogP contribution in [0.1, 0.15) is 11.1 Å². The summed E-state index contributed by atoms with van der Waals surface area (Å²) >= 11 is 0. The number of alkyl halides is 3. The second-order valence-electron chi connectivity index (χ2n) is 4.66. The molecular weight excluding hydrogens is 334 g/mol. The summed E-state index contributed by atoms with van der Waals surface area (Å²) in [5.41, 5.74) is -3.81. The standard InChI is InChI=1S/C14H9F4N3O3/c15-8-2-1-7(6-19)12(11(8)14(16,17)18)20-9-5-10(23)21(3-4-22)13(9)24/h1-2,5,20,22H,3-4H2. The third kappa shape index (κ3) is 3.07. The van der Waals surface area contributed by atoms with Crippen molar-refractivity contribution < 1.29 is 32.3 Å². The van der Waals surface area contributed by atoms with Gasteiger partial charge < -0.3 is 10.4 Å². The summed E-state index contributed by atoms with van der Waals surface area (Å²) in [5, 5.41) is 19.7. The summed E-state index contributed by atoms with van der Waals surface area (Å²) in [6.45, 7) is -0.879. The van der Waals surface area contributed by atoms with Crippen LogP contribution < -0.4 is 5.32 Å². The van der Waals surface area contributed by atoms with Gasteiger partial charge in [0.2, 0.25) is 0 Å². The van der Waals surface area contributed by atoms with Crippen LogP contribution in [0.5, 0.6) is 0 Å². The van der Waals surface area contributed by atoms with E-state index in [9.17, 15) is 27.2 Å². The number of nitriles is 1. The Hall–Kier alpha value is -2.93. The molecule has 126 valence electrons. The number of nitrogens with one attached hydrogen (secondary N) is 1. The van der Waals surface area contributed by atoms with Crippen LogP contribution >= 0.6 is 0 Å². The molecule has 1 aliphatic heterocycles. The number of nitrogens with zero attached hydrogens (tertiary/aromatic N) is 2. The molecule has 6 nitrogen and oxygen atoms in total. The highest BCUT2D eigenvalue weighted by molar-refractivity contribution is 6.17. The molecule has 10 heteroatoms. The molecule has 0 saturated carbocycles. The van der Waals surface area contributed by atoms with Crippen molar-refractivity contribution in [3.05, 3.63) is 40.8 Å². The number of β-amino-alcohol motifs (C(OH)–C–C–N with tert-alkyl or cyclic N) is 1. The van der Waals surface area contributed by atoms with Gasteiger partial charge in [-0.15, -0.1) is 0 Å². The molecule has 0 unspecified atom stereocenters. The van der Waals surface area contributed by atoms with Crippen LogP contribution in [0.2, 0.25) is 0 Å². The van der Waals surface area contributed by atoms with Crippen LogP contribution in [0, 0.1) is 17.1 Å². The van der Waals surface area contributed by atoms with Gasteiger partial charge in [0.15, 0.2) is 0 Å². The van der Waals surface area contributed by atoms with Crippen LogP contribution in [0.15, 0.2) is 23.9 Å². The van der Waals surface area contributed by atoms with Gasteiger partial charge in [-0.25, -0.2) is 4.39 Å². The van der Waals surface area contributed by atoms with Crippen molar-refractivity contribution in [1.29, 1.82) is 5.26 Å².